The lowest BCUT2D eigenvalue weighted by Gasteiger charge is -2.19. The van der Waals surface area contributed by atoms with Crippen molar-refractivity contribution in [1.29, 1.82) is 0 Å². The molecule has 184 valence electrons. The van der Waals surface area contributed by atoms with E-state index in [9.17, 15) is 23.3 Å². The van der Waals surface area contributed by atoms with Crippen molar-refractivity contribution < 1.29 is 18.1 Å². The van der Waals surface area contributed by atoms with Gasteiger partial charge in [0.25, 0.3) is 5.69 Å². The molecule has 1 amide bonds. The van der Waals surface area contributed by atoms with E-state index in [4.69, 9.17) is 23.2 Å². The lowest BCUT2D eigenvalue weighted by Crippen LogP contribution is -2.34. The van der Waals surface area contributed by atoms with E-state index in [2.05, 4.69) is 31.0 Å². The van der Waals surface area contributed by atoms with E-state index in [0.717, 1.165) is 15.6 Å². The lowest BCUT2D eigenvalue weighted by molar-refractivity contribution is -0.385. The summed E-state index contributed by atoms with van der Waals surface area (Å²) in [6.45, 7) is 1.99. The van der Waals surface area contributed by atoms with Gasteiger partial charge in [-0.05, 0) is 52.2 Å². The van der Waals surface area contributed by atoms with Crippen LogP contribution < -0.4 is 10.0 Å². The van der Waals surface area contributed by atoms with E-state index in [-0.39, 0.29) is 32.7 Å². The van der Waals surface area contributed by atoms with E-state index in [1.807, 2.05) is 6.92 Å². The van der Waals surface area contributed by atoms with Crippen LogP contribution in [0, 0.1) is 17.0 Å². The molecule has 0 bridgehead atoms. The third kappa shape index (κ3) is 6.98. The number of halogens is 3. The summed E-state index contributed by atoms with van der Waals surface area (Å²) in [6.07, 6.45) is 2.83. The van der Waals surface area contributed by atoms with E-state index in [1.165, 1.54) is 42.5 Å². The summed E-state index contributed by atoms with van der Waals surface area (Å²) < 4.78 is 29.4. The van der Waals surface area contributed by atoms with Crippen LogP contribution in [-0.2, 0) is 21.4 Å². The Labute approximate surface area is 220 Å². The van der Waals surface area contributed by atoms with Crippen molar-refractivity contribution in [2.75, 3.05) is 0 Å². The van der Waals surface area contributed by atoms with Crippen LogP contribution in [0.5, 0.6) is 0 Å². The number of carbonyl (C=O) groups is 1. The molecule has 0 radical (unpaired) electrons. The Morgan fingerprint density at radius 3 is 2.49 bits per heavy atom. The average molecular weight is 602 g/mol. The van der Waals surface area contributed by atoms with Gasteiger partial charge in [-0.15, -0.1) is 0 Å². The number of aromatic nitrogens is 1. The number of benzene rings is 2. The van der Waals surface area contributed by atoms with Crippen LogP contribution in [0.4, 0.5) is 5.69 Å². The van der Waals surface area contributed by atoms with E-state index >= 15 is 0 Å². The molecule has 0 aliphatic rings. The molecule has 3 rings (SSSR count). The van der Waals surface area contributed by atoms with Crippen LogP contribution in [0.2, 0.25) is 10.0 Å². The largest absolute Gasteiger partial charge is 0.352 e. The highest BCUT2D eigenvalue weighted by molar-refractivity contribution is 9.10. The first-order chi connectivity index (χ1) is 16.5. The van der Waals surface area contributed by atoms with E-state index in [1.54, 1.807) is 12.4 Å². The van der Waals surface area contributed by atoms with Gasteiger partial charge in [0, 0.05) is 51.5 Å². The second-order valence-electron chi connectivity index (χ2n) is 7.48. The Kier molecular flexibility index (Phi) is 8.84. The van der Waals surface area contributed by atoms with Gasteiger partial charge in [0.2, 0.25) is 15.9 Å². The molecule has 35 heavy (non-hydrogen) atoms. The molecule has 0 spiro atoms. The average Bonchev–Trinajstić information content (AvgIpc) is 2.79. The van der Waals surface area contributed by atoms with Gasteiger partial charge < -0.3 is 5.32 Å². The predicted octanol–water partition coefficient (Wildman–Crippen LogP) is 5.09. The number of rotatable bonds is 9. The molecular formula is C22H19BrCl2N4O5S. The van der Waals surface area contributed by atoms with Gasteiger partial charge >= 0.3 is 0 Å². The van der Waals surface area contributed by atoms with E-state index < -0.39 is 33.3 Å². The van der Waals surface area contributed by atoms with Crippen molar-refractivity contribution in [1.82, 2.24) is 15.0 Å². The Morgan fingerprint density at radius 1 is 1.17 bits per heavy atom. The summed E-state index contributed by atoms with van der Waals surface area (Å²) in [7, 11) is -4.26. The molecule has 1 heterocycles. The van der Waals surface area contributed by atoms with Gasteiger partial charge in [0.1, 0.15) is 0 Å². The number of carbonyl (C=O) groups excluding carboxylic acids is 1. The summed E-state index contributed by atoms with van der Waals surface area (Å²) >= 11 is 15.3. The van der Waals surface area contributed by atoms with Crippen molar-refractivity contribution in [2.24, 2.45) is 0 Å². The van der Waals surface area contributed by atoms with Crippen molar-refractivity contribution in [3.8, 4) is 0 Å². The fraction of sp³-hybridized carbons (Fsp3) is 0.182. The molecule has 1 unspecified atom stereocenters. The highest BCUT2D eigenvalue weighted by atomic mass is 79.9. The van der Waals surface area contributed by atoms with Crippen LogP contribution >= 0.6 is 39.1 Å². The lowest BCUT2D eigenvalue weighted by atomic mass is 10.0. The standard InChI is InChI=1S/C22H19BrCl2N4O5S/c1-13-14(10-26-12-19(13)23)11-27-22(30)9-20(18-4-2-3-5-21(18)29(31)32)28-35(33,34)17-7-15(24)6-16(25)8-17/h2-8,10,12,20,28H,9,11H2,1H3,(H,27,30). The number of pyridine rings is 1. The molecule has 0 aliphatic carbocycles. The van der Waals surface area contributed by atoms with Crippen molar-refractivity contribution in [3.05, 3.63) is 96.2 Å². The highest BCUT2D eigenvalue weighted by Crippen LogP contribution is 2.30. The second-order valence-corrected chi connectivity index (χ2v) is 10.9. The smallest absolute Gasteiger partial charge is 0.274 e. The molecular weight excluding hydrogens is 583 g/mol. The predicted molar refractivity (Wildman–Crippen MR) is 136 cm³/mol. The maximum Gasteiger partial charge on any atom is 0.274 e. The SMILES string of the molecule is Cc1c(Br)cncc1CNC(=O)CC(NS(=O)(=O)c1cc(Cl)cc(Cl)c1)c1ccccc1[N+](=O)[O-]. The highest BCUT2D eigenvalue weighted by Gasteiger charge is 2.29. The molecule has 2 aromatic carbocycles. The zero-order valence-corrected chi connectivity index (χ0v) is 22.1. The fourth-order valence-electron chi connectivity index (χ4n) is 3.27. The molecule has 0 saturated heterocycles. The molecule has 1 atom stereocenters. The summed E-state index contributed by atoms with van der Waals surface area (Å²) in [5, 5.41) is 14.5. The third-order valence-corrected chi connectivity index (χ3v) is 7.76. The van der Waals surface area contributed by atoms with Gasteiger partial charge in [0.05, 0.1) is 15.9 Å². The first-order valence-corrected chi connectivity index (χ1v) is 13.1. The number of hydrogen-bond donors (Lipinski definition) is 2. The minimum absolute atomic E-state index is 0.0321. The molecule has 13 heteroatoms. The Bertz CT molecular complexity index is 1370. The Balaban J connectivity index is 1.91. The summed E-state index contributed by atoms with van der Waals surface area (Å²) in [5.74, 6) is -0.528. The normalized spacial score (nSPS) is 12.2. The van der Waals surface area contributed by atoms with Crippen LogP contribution in [0.25, 0.3) is 0 Å². The molecule has 9 nitrogen and oxygen atoms in total. The van der Waals surface area contributed by atoms with E-state index in [0.29, 0.717) is 0 Å². The molecule has 0 saturated carbocycles. The molecule has 0 fully saturated rings. The molecule has 2 N–H and O–H groups in total. The molecule has 0 aliphatic heterocycles. The summed E-state index contributed by atoms with van der Waals surface area (Å²) in [5.41, 5.74) is 1.34. The topological polar surface area (TPSA) is 131 Å². The molecule has 3 aromatic rings. The van der Waals surface area contributed by atoms with Crippen LogP contribution in [0.3, 0.4) is 0 Å². The number of sulfonamides is 1. The second kappa shape index (κ2) is 11.4. The van der Waals surface area contributed by atoms with Crippen LogP contribution in [0.15, 0.2) is 64.2 Å². The summed E-state index contributed by atoms with van der Waals surface area (Å²) in [6, 6.07) is 8.11. The first-order valence-electron chi connectivity index (χ1n) is 10.1. The third-order valence-electron chi connectivity index (χ3n) is 5.08. The zero-order valence-electron chi connectivity index (χ0n) is 18.2. The number of nitrogens with one attached hydrogen (secondary N) is 2. The van der Waals surface area contributed by atoms with Crippen LogP contribution in [-0.4, -0.2) is 24.2 Å². The molecule has 1 aromatic heterocycles. The number of hydrogen-bond acceptors (Lipinski definition) is 6. The van der Waals surface area contributed by atoms with Gasteiger partial charge in [-0.2, -0.15) is 0 Å². The van der Waals surface area contributed by atoms with Crippen LogP contribution in [0.1, 0.15) is 29.2 Å². The number of nitro groups is 1. The minimum atomic E-state index is -4.26. The van der Waals surface area contributed by atoms with Crippen molar-refractivity contribution in [2.45, 2.75) is 30.8 Å². The van der Waals surface area contributed by atoms with Gasteiger partial charge in [-0.3, -0.25) is 19.9 Å². The number of nitro benzene ring substituents is 1. The van der Waals surface area contributed by atoms with Gasteiger partial charge in [-0.1, -0.05) is 41.4 Å². The maximum absolute atomic E-state index is 13.1. The number of amides is 1. The fourth-order valence-corrected chi connectivity index (χ4v) is 5.59. The Hall–Kier alpha value is -2.57. The van der Waals surface area contributed by atoms with Crippen molar-refractivity contribution in [3.63, 3.8) is 0 Å². The van der Waals surface area contributed by atoms with Crippen molar-refractivity contribution >= 4 is 60.7 Å². The maximum atomic E-state index is 13.1. The number of nitrogens with zero attached hydrogens (tertiary/aromatic N) is 2. The zero-order chi connectivity index (χ0) is 25.8. The van der Waals surface area contributed by atoms with Gasteiger partial charge in [0.15, 0.2) is 0 Å². The first kappa shape index (κ1) is 27.0. The van der Waals surface area contributed by atoms with Gasteiger partial charge in [-0.25, -0.2) is 13.1 Å². The Morgan fingerprint density at radius 2 is 1.83 bits per heavy atom. The monoisotopic (exact) mass is 600 g/mol. The summed E-state index contributed by atoms with van der Waals surface area (Å²) in [4.78, 5) is 27.6. The minimum Gasteiger partial charge on any atom is -0.352 e. The quantitative estimate of drug-likeness (QED) is 0.259. The number of para-hydroxylation sites is 1.